The lowest BCUT2D eigenvalue weighted by molar-refractivity contribution is -0.0329. The van der Waals surface area contributed by atoms with Crippen LogP contribution in [0, 0.1) is 11.3 Å². The van der Waals surface area contributed by atoms with Crippen molar-refractivity contribution >= 4 is 47.4 Å². The highest BCUT2D eigenvalue weighted by atomic mass is 79.9. The first kappa shape index (κ1) is 15.6. The van der Waals surface area contributed by atoms with E-state index in [4.69, 9.17) is 15.9 Å². The van der Waals surface area contributed by atoms with Crippen LogP contribution >= 0.6 is 38.4 Å². The quantitative estimate of drug-likeness (QED) is 0.577. The third-order valence-electron chi connectivity index (χ3n) is 1.65. The first-order chi connectivity index (χ1) is 8.06. The zero-order chi connectivity index (χ0) is 14.1. The normalized spacial score (nSPS) is 12.2. The Morgan fingerprint density at radius 1 is 1.39 bits per heavy atom. The fraction of sp³-hybridized carbons (Fsp3) is 0.125. The van der Waals surface area contributed by atoms with E-state index in [1.165, 1.54) is 6.07 Å². The largest absolute Gasteiger partial charge is 0.446 e. The molecule has 3 nitrogen and oxygen atoms in total. The van der Waals surface area contributed by atoms with Crippen molar-refractivity contribution in [2.75, 3.05) is 0 Å². The molecule has 98 valence electrons. The van der Waals surface area contributed by atoms with Crippen LogP contribution in [0.3, 0.4) is 0 Å². The zero-order valence-electron chi connectivity index (χ0n) is 8.12. The summed E-state index contributed by atoms with van der Waals surface area (Å²) in [5.41, 5.74) is -5.15. The van der Waals surface area contributed by atoms with Crippen LogP contribution in [0.5, 0.6) is 0 Å². The first-order valence-corrected chi connectivity index (χ1v) is 7.91. The molecule has 0 saturated carbocycles. The van der Waals surface area contributed by atoms with Gasteiger partial charge >= 0.3 is 5.51 Å². The third kappa shape index (κ3) is 3.78. The average Bonchev–Trinajstić information content (AvgIpc) is 2.17. The molecule has 18 heavy (non-hydrogen) atoms. The summed E-state index contributed by atoms with van der Waals surface area (Å²) in [6.07, 6.45) is 0. The van der Waals surface area contributed by atoms with Crippen molar-refractivity contribution < 1.29 is 21.6 Å². The lowest BCUT2D eigenvalue weighted by Gasteiger charge is -2.12. The summed E-state index contributed by atoms with van der Waals surface area (Å²) in [6.45, 7) is 0. The first-order valence-electron chi connectivity index (χ1n) is 3.99. The molecular formula is C8H2BrClF3NO2S2. The molecule has 0 aromatic heterocycles. The minimum Gasteiger partial charge on any atom is -0.207 e. The van der Waals surface area contributed by atoms with Gasteiger partial charge in [0.05, 0.1) is 10.5 Å². The van der Waals surface area contributed by atoms with Gasteiger partial charge in [0.25, 0.3) is 9.05 Å². The van der Waals surface area contributed by atoms with Gasteiger partial charge in [-0.1, -0.05) is 0 Å². The molecule has 1 aromatic carbocycles. The average molecular weight is 381 g/mol. The summed E-state index contributed by atoms with van der Waals surface area (Å²) in [6, 6.07) is 3.71. The standard InChI is InChI=1S/C8H2BrClF3NO2S2/c9-5-2-1-4(3-14)7(18(10,15)16)6(5)17-8(11,12)13/h1-2H. The molecule has 0 aliphatic heterocycles. The summed E-state index contributed by atoms with van der Waals surface area (Å²) < 4.78 is 59.5. The van der Waals surface area contributed by atoms with Crippen molar-refractivity contribution in [2.24, 2.45) is 0 Å². The molecule has 0 heterocycles. The van der Waals surface area contributed by atoms with Crippen molar-refractivity contribution in [1.82, 2.24) is 0 Å². The number of hydrogen-bond acceptors (Lipinski definition) is 4. The van der Waals surface area contributed by atoms with Gasteiger partial charge in [0.1, 0.15) is 11.0 Å². The molecule has 0 aliphatic rings. The number of halogens is 5. The van der Waals surface area contributed by atoms with Gasteiger partial charge in [0.15, 0.2) is 0 Å². The molecule has 1 rings (SSSR count). The van der Waals surface area contributed by atoms with Gasteiger partial charge in [-0.05, 0) is 39.8 Å². The maximum Gasteiger partial charge on any atom is 0.446 e. The highest BCUT2D eigenvalue weighted by molar-refractivity contribution is 9.10. The molecule has 0 fully saturated rings. The predicted molar refractivity (Wildman–Crippen MR) is 63.8 cm³/mol. The smallest absolute Gasteiger partial charge is 0.207 e. The third-order valence-corrected chi connectivity index (χ3v) is 4.93. The molecule has 0 aliphatic carbocycles. The molecule has 0 N–H and O–H groups in total. The Morgan fingerprint density at radius 2 is 1.94 bits per heavy atom. The Hall–Kier alpha value is -0.430. The molecular weight excluding hydrogens is 379 g/mol. The minimum atomic E-state index is -4.70. The molecule has 0 spiro atoms. The number of nitrogens with zero attached hydrogens (tertiary/aromatic N) is 1. The van der Waals surface area contributed by atoms with Crippen LogP contribution in [-0.2, 0) is 9.05 Å². The fourth-order valence-corrected chi connectivity index (χ4v) is 4.16. The van der Waals surface area contributed by atoms with Crippen LogP contribution < -0.4 is 0 Å². The van der Waals surface area contributed by atoms with Crippen molar-refractivity contribution in [2.45, 2.75) is 15.3 Å². The zero-order valence-corrected chi connectivity index (χ0v) is 12.1. The topological polar surface area (TPSA) is 57.9 Å². The number of rotatable bonds is 2. The lowest BCUT2D eigenvalue weighted by atomic mass is 10.2. The van der Waals surface area contributed by atoms with Crippen molar-refractivity contribution in [1.29, 1.82) is 5.26 Å². The monoisotopic (exact) mass is 379 g/mol. The number of hydrogen-bond donors (Lipinski definition) is 0. The second-order valence-electron chi connectivity index (χ2n) is 2.85. The van der Waals surface area contributed by atoms with E-state index in [2.05, 4.69) is 15.9 Å². The Bertz CT molecular complexity index is 624. The Morgan fingerprint density at radius 3 is 2.33 bits per heavy atom. The molecule has 0 bridgehead atoms. The number of thioether (sulfide) groups is 1. The molecule has 0 saturated heterocycles. The van der Waals surface area contributed by atoms with E-state index in [1.807, 2.05) is 0 Å². The maximum absolute atomic E-state index is 12.3. The van der Waals surface area contributed by atoms with Crippen LogP contribution in [0.15, 0.2) is 26.4 Å². The van der Waals surface area contributed by atoms with Crippen molar-refractivity contribution in [3.05, 3.63) is 22.2 Å². The van der Waals surface area contributed by atoms with Crippen LogP contribution in [0.1, 0.15) is 5.56 Å². The number of benzene rings is 1. The van der Waals surface area contributed by atoms with E-state index >= 15 is 0 Å². The summed E-state index contributed by atoms with van der Waals surface area (Å²) in [7, 11) is 0.596. The van der Waals surface area contributed by atoms with Crippen LogP contribution in [-0.4, -0.2) is 13.9 Å². The summed E-state index contributed by atoms with van der Waals surface area (Å²) in [5, 5.41) is 8.72. The van der Waals surface area contributed by atoms with Crippen LogP contribution in [0.4, 0.5) is 13.2 Å². The maximum atomic E-state index is 12.3. The van der Waals surface area contributed by atoms with Gasteiger partial charge in [-0.25, -0.2) is 8.42 Å². The van der Waals surface area contributed by atoms with E-state index in [9.17, 15) is 21.6 Å². The fourth-order valence-electron chi connectivity index (χ4n) is 1.08. The molecule has 10 heteroatoms. The molecule has 0 atom stereocenters. The number of nitriles is 1. The Labute approximate surface area is 117 Å². The second-order valence-corrected chi connectivity index (χ2v) is 7.28. The van der Waals surface area contributed by atoms with E-state index in [0.717, 1.165) is 12.1 Å². The highest BCUT2D eigenvalue weighted by Crippen LogP contribution is 2.45. The van der Waals surface area contributed by atoms with E-state index < -0.39 is 41.7 Å². The molecule has 0 unspecified atom stereocenters. The Kier molecular flexibility index (Phi) is 4.59. The summed E-state index contributed by atoms with van der Waals surface area (Å²) in [5.74, 6) is 0. The summed E-state index contributed by atoms with van der Waals surface area (Å²) >= 11 is 2.15. The van der Waals surface area contributed by atoms with Crippen molar-refractivity contribution in [3.8, 4) is 6.07 Å². The SMILES string of the molecule is N#Cc1ccc(Br)c(SC(F)(F)F)c1S(=O)(=O)Cl. The van der Waals surface area contributed by atoms with Crippen molar-refractivity contribution in [3.63, 3.8) is 0 Å². The van der Waals surface area contributed by atoms with Gasteiger partial charge < -0.3 is 0 Å². The molecule has 0 amide bonds. The van der Waals surface area contributed by atoms with Gasteiger partial charge in [0.2, 0.25) is 0 Å². The predicted octanol–water partition coefficient (Wildman–Crippen LogP) is 3.86. The van der Waals surface area contributed by atoms with E-state index in [-0.39, 0.29) is 4.47 Å². The Balaban J connectivity index is 3.64. The second kappa shape index (κ2) is 5.28. The highest BCUT2D eigenvalue weighted by Gasteiger charge is 2.35. The summed E-state index contributed by atoms with van der Waals surface area (Å²) in [4.78, 5) is -1.50. The van der Waals surface area contributed by atoms with Gasteiger partial charge in [0, 0.05) is 15.2 Å². The van der Waals surface area contributed by atoms with Crippen LogP contribution in [0.25, 0.3) is 0 Å². The van der Waals surface area contributed by atoms with Gasteiger partial charge in [-0.2, -0.15) is 18.4 Å². The van der Waals surface area contributed by atoms with E-state index in [1.54, 1.807) is 0 Å². The number of alkyl halides is 3. The lowest BCUT2D eigenvalue weighted by Crippen LogP contribution is -2.05. The molecule has 1 aromatic rings. The van der Waals surface area contributed by atoms with Crippen LogP contribution in [0.2, 0.25) is 0 Å². The molecule has 0 radical (unpaired) electrons. The minimum absolute atomic E-state index is 0.108. The van der Waals surface area contributed by atoms with E-state index in [0.29, 0.717) is 0 Å². The van der Waals surface area contributed by atoms with Gasteiger partial charge in [-0.3, -0.25) is 0 Å². The van der Waals surface area contributed by atoms with Gasteiger partial charge in [-0.15, -0.1) is 0 Å².